The molecular weight excluding hydrogens is 260 g/mol. The first-order chi connectivity index (χ1) is 7.95. The Balaban J connectivity index is 3.01. The summed E-state index contributed by atoms with van der Waals surface area (Å²) in [5.41, 5.74) is 5.39. The first-order valence-electron chi connectivity index (χ1n) is 5.01. The Hall–Kier alpha value is -1.20. The van der Waals surface area contributed by atoms with E-state index in [0.29, 0.717) is 22.0 Å². The number of hydrogen-bond acceptors (Lipinski definition) is 3. The Labute approximate surface area is 110 Å². The fourth-order valence-corrected chi connectivity index (χ4v) is 1.76. The SMILES string of the molecule is CCN(CC(N)=O)C(=O)c1cc(S)ccc1Cl. The van der Waals surface area contributed by atoms with E-state index in [2.05, 4.69) is 12.6 Å². The molecule has 1 aromatic rings. The summed E-state index contributed by atoms with van der Waals surface area (Å²) in [5, 5.41) is 0.329. The van der Waals surface area contributed by atoms with Crippen LogP contribution < -0.4 is 5.73 Å². The molecule has 0 unspecified atom stereocenters. The van der Waals surface area contributed by atoms with Gasteiger partial charge in [0.1, 0.15) is 0 Å². The van der Waals surface area contributed by atoms with Gasteiger partial charge in [-0.25, -0.2) is 0 Å². The maximum Gasteiger partial charge on any atom is 0.255 e. The molecule has 0 aliphatic carbocycles. The fourth-order valence-electron chi connectivity index (χ4n) is 1.36. The monoisotopic (exact) mass is 272 g/mol. The summed E-state index contributed by atoms with van der Waals surface area (Å²) in [6.45, 7) is 2.02. The topological polar surface area (TPSA) is 63.4 Å². The van der Waals surface area contributed by atoms with E-state index in [0.717, 1.165) is 0 Å². The molecule has 0 saturated carbocycles. The lowest BCUT2D eigenvalue weighted by Crippen LogP contribution is -2.38. The molecule has 0 aromatic heterocycles. The van der Waals surface area contributed by atoms with Gasteiger partial charge in [0.15, 0.2) is 0 Å². The van der Waals surface area contributed by atoms with Crippen LogP contribution >= 0.6 is 24.2 Å². The number of nitrogens with two attached hydrogens (primary N) is 1. The molecule has 0 spiro atoms. The van der Waals surface area contributed by atoms with Crippen LogP contribution in [0.2, 0.25) is 5.02 Å². The highest BCUT2D eigenvalue weighted by molar-refractivity contribution is 7.80. The van der Waals surface area contributed by atoms with Crippen molar-refractivity contribution in [3.63, 3.8) is 0 Å². The summed E-state index contributed by atoms with van der Waals surface area (Å²) in [4.78, 5) is 24.9. The van der Waals surface area contributed by atoms with Crippen LogP contribution in [0.5, 0.6) is 0 Å². The number of hydrogen-bond donors (Lipinski definition) is 2. The number of carbonyl (C=O) groups excluding carboxylic acids is 2. The van der Waals surface area contributed by atoms with Gasteiger partial charge in [0, 0.05) is 11.4 Å². The number of halogens is 1. The van der Waals surface area contributed by atoms with Crippen LogP contribution in [-0.2, 0) is 4.79 Å². The number of likely N-dealkylation sites (N-methyl/N-ethyl adjacent to an activating group) is 1. The van der Waals surface area contributed by atoms with Crippen molar-refractivity contribution in [1.82, 2.24) is 4.90 Å². The van der Waals surface area contributed by atoms with Gasteiger partial charge in [0.25, 0.3) is 5.91 Å². The molecule has 6 heteroatoms. The highest BCUT2D eigenvalue weighted by Crippen LogP contribution is 2.21. The second-order valence-electron chi connectivity index (χ2n) is 3.45. The van der Waals surface area contributed by atoms with Crippen LogP contribution in [-0.4, -0.2) is 29.8 Å². The number of primary amides is 1. The molecule has 1 rings (SSSR count). The predicted octanol–water partition coefficient (Wildman–Crippen LogP) is 1.58. The van der Waals surface area contributed by atoms with Gasteiger partial charge < -0.3 is 10.6 Å². The van der Waals surface area contributed by atoms with Crippen LogP contribution in [0.15, 0.2) is 23.1 Å². The standard InChI is InChI=1S/C11H13ClN2O2S/c1-2-14(6-10(13)15)11(16)8-5-7(17)3-4-9(8)12/h3-5,17H,2,6H2,1H3,(H2,13,15). The zero-order valence-corrected chi connectivity index (χ0v) is 11.0. The molecule has 1 aromatic carbocycles. The average Bonchev–Trinajstić information content (AvgIpc) is 2.28. The third-order valence-corrected chi connectivity index (χ3v) is 2.80. The Morgan fingerprint density at radius 1 is 1.47 bits per heavy atom. The average molecular weight is 273 g/mol. The first kappa shape index (κ1) is 13.9. The van der Waals surface area contributed by atoms with Gasteiger partial charge in [0.2, 0.25) is 5.91 Å². The van der Waals surface area contributed by atoms with E-state index in [-0.39, 0.29) is 12.5 Å². The van der Waals surface area contributed by atoms with Gasteiger partial charge in [-0.1, -0.05) is 11.6 Å². The van der Waals surface area contributed by atoms with Gasteiger partial charge in [-0.05, 0) is 25.1 Å². The molecule has 92 valence electrons. The Kier molecular flexibility index (Phi) is 4.84. The van der Waals surface area contributed by atoms with Gasteiger partial charge >= 0.3 is 0 Å². The van der Waals surface area contributed by atoms with Crippen molar-refractivity contribution >= 4 is 36.0 Å². The van der Waals surface area contributed by atoms with E-state index < -0.39 is 5.91 Å². The molecule has 4 nitrogen and oxygen atoms in total. The molecule has 0 bridgehead atoms. The number of amides is 2. The minimum absolute atomic E-state index is 0.123. The first-order valence-corrected chi connectivity index (χ1v) is 5.84. The van der Waals surface area contributed by atoms with Gasteiger partial charge in [-0.2, -0.15) is 0 Å². The Morgan fingerprint density at radius 2 is 2.12 bits per heavy atom. The van der Waals surface area contributed by atoms with E-state index in [1.807, 2.05) is 0 Å². The maximum atomic E-state index is 12.1. The largest absolute Gasteiger partial charge is 0.368 e. The summed E-state index contributed by atoms with van der Waals surface area (Å²) in [6, 6.07) is 4.85. The third-order valence-electron chi connectivity index (χ3n) is 2.20. The normalized spacial score (nSPS) is 10.1. The molecule has 0 radical (unpaired) electrons. The molecule has 0 aliphatic rings. The van der Waals surface area contributed by atoms with Crippen LogP contribution in [0.3, 0.4) is 0 Å². The highest BCUT2D eigenvalue weighted by Gasteiger charge is 2.18. The minimum atomic E-state index is -0.557. The van der Waals surface area contributed by atoms with E-state index >= 15 is 0 Å². The Bertz CT molecular complexity index is 451. The lowest BCUT2D eigenvalue weighted by atomic mass is 10.2. The van der Waals surface area contributed by atoms with E-state index in [9.17, 15) is 9.59 Å². The molecule has 2 N–H and O–H groups in total. The van der Waals surface area contributed by atoms with Crippen molar-refractivity contribution in [2.24, 2.45) is 5.73 Å². The smallest absolute Gasteiger partial charge is 0.255 e. The van der Waals surface area contributed by atoms with Crippen molar-refractivity contribution < 1.29 is 9.59 Å². The zero-order chi connectivity index (χ0) is 13.0. The van der Waals surface area contributed by atoms with Gasteiger partial charge in [-0.3, -0.25) is 9.59 Å². The van der Waals surface area contributed by atoms with Gasteiger partial charge in [0.05, 0.1) is 17.1 Å². The summed E-state index contributed by atoms with van der Waals surface area (Å²) >= 11 is 10.1. The van der Waals surface area contributed by atoms with E-state index in [4.69, 9.17) is 17.3 Å². The summed E-state index contributed by atoms with van der Waals surface area (Å²) in [7, 11) is 0. The van der Waals surface area contributed by atoms with Crippen LogP contribution in [0, 0.1) is 0 Å². The van der Waals surface area contributed by atoms with E-state index in [1.54, 1.807) is 25.1 Å². The molecular formula is C11H13ClN2O2S. The lowest BCUT2D eigenvalue weighted by molar-refractivity contribution is -0.118. The molecule has 0 saturated heterocycles. The van der Waals surface area contributed by atoms with Crippen LogP contribution in [0.4, 0.5) is 0 Å². The van der Waals surface area contributed by atoms with E-state index in [1.165, 1.54) is 4.90 Å². The highest BCUT2D eigenvalue weighted by atomic mass is 35.5. The van der Waals surface area contributed by atoms with Crippen molar-refractivity contribution in [3.05, 3.63) is 28.8 Å². The van der Waals surface area contributed by atoms with Crippen LogP contribution in [0.1, 0.15) is 17.3 Å². The number of rotatable bonds is 4. The van der Waals surface area contributed by atoms with Crippen molar-refractivity contribution in [1.29, 1.82) is 0 Å². The number of benzene rings is 1. The lowest BCUT2D eigenvalue weighted by Gasteiger charge is -2.19. The van der Waals surface area contributed by atoms with Crippen molar-refractivity contribution in [2.45, 2.75) is 11.8 Å². The molecule has 0 fully saturated rings. The number of carbonyl (C=O) groups is 2. The van der Waals surface area contributed by atoms with Crippen LogP contribution in [0.25, 0.3) is 0 Å². The number of nitrogens with zero attached hydrogens (tertiary/aromatic N) is 1. The Morgan fingerprint density at radius 3 is 2.65 bits per heavy atom. The minimum Gasteiger partial charge on any atom is -0.368 e. The predicted molar refractivity (Wildman–Crippen MR) is 69.5 cm³/mol. The van der Waals surface area contributed by atoms with Crippen molar-refractivity contribution in [2.75, 3.05) is 13.1 Å². The van der Waals surface area contributed by atoms with Crippen molar-refractivity contribution in [3.8, 4) is 0 Å². The third kappa shape index (κ3) is 3.64. The summed E-state index contributed by atoms with van der Waals surface area (Å²) in [6.07, 6.45) is 0. The fraction of sp³-hybridized carbons (Fsp3) is 0.273. The maximum absolute atomic E-state index is 12.1. The summed E-state index contributed by atoms with van der Waals surface area (Å²) < 4.78 is 0. The second-order valence-corrected chi connectivity index (χ2v) is 4.37. The quantitative estimate of drug-likeness (QED) is 0.818. The second kappa shape index (κ2) is 5.93. The summed E-state index contributed by atoms with van der Waals surface area (Å²) in [5.74, 6) is -0.884. The molecule has 2 amide bonds. The molecule has 0 heterocycles. The van der Waals surface area contributed by atoms with Gasteiger partial charge in [-0.15, -0.1) is 12.6 Å². The number of thiol groups is 1. The molecule has 0 aliphatic heterocycles. The molecule has 0 atom stereocenters. The molecule has 17 heavy (non-hydrogen) atoms. The zero-order valence-electron chi connectivity index (χ0n) is 9.31.